The minimum Gasteiger partial charge on any atom is -0.468 e. The Bertz CT molecular complexity index is 495. The van der Waals surface area contributed by atoms with Crippen molar-refractivity contribution in [3.8, 4) is 0 Å². The zero-order valence-corrected chi connectivity index (χ0v) is 14.3. The van der Waals surface area contributed by atoms with E-state index in [1.807, 2.05) is 23.1 Å². The number of hydrogen-bond acceptors (Lipinski definition) is 5. The number of benzene rings is 1. The summed E-state index contributed by atoms with van der Waals surface area (Å²) in [4.78, 5) is 26.4. The predicted octanol–water partition coefficient (Wildman–Crippen LogP) is 2.68. The lowest BCUT2D eigenvalue weighted by molar-refractivity contribution is -0.137. The summed E-state index contributed by atoms with van der Waals surface area (Å²) in [5, 5.41) is 0.352. The highest BCUT2D eigenvalue weighted by Gasteiger charge is 2.26. The minimum absolute atomic E-state index is 0.200. The summed E-state index contributed by atoms with van der Waals surface area (Å²) >= 11 is 3.30. The van der Waals surface area contributed by atoms with Crippen molar-refractivity contribution in [1.82, 2.24) is 4.90 Å². The molecule has 1 amide bonds. The summed E-state index contributed by atoms with van der Waals surface area (Å²) in [5.41, 5.74) is 0. The third-order valence-electron chi connectivity index (χ3n) is 3.49. The van der Waals surface area contributed by atoms with Crippen LogP contribution in [0.5, 0.6) is 0 Å². The summed E-state index contributed by atoms with van der Waals surface area (Å²) in [6.45, 7) is 1.55. The maximum Gasteiger partial charge on any atom is 0.315 e. The highest BCUT2D eigenvalue weighted by molar-refractivity contribution is 8.00. The van der Waals surface area contributed by atoms with Crippen LogP contribution < -0.4 is 0 Å². The lowest BCUT2D eigenvalue weighted by Gasteiger charge is -2.16. The average molecular weight is 339 g/mol. The quantitative estimate of drug-likeness (QED) is 0.564. The van der Waals surface area contributed by atoms with Crippen LogP contribution in [0.15, 0.2) is 35.2 Å². The number of esters is 1. The Morgan fingerprint density at radius 3 is 2.82 bits per heavy atom. The summed E-state index contributed by atoms with van der Waals surface area (Å²) in [5.74, 6) is 1.19. The van der Waals surface area contributed by atoms with Gasteiger partial charge in [0.2, 0.25) is 5.91 Å². The van der Waals surface area contributed by atoms with Gasteiger partial charge < -0.3 is 9.64 Å². The van der Waals surface area contributed by atoms with Crippen molar-refractivity contribution in [3.63, 3.8) is 0 Å². The molecule has 0 bridgehead atoms. The Kier molecular flexibility index (Phi) is 7.12. The third kappa shape index (κ3) is 5.57. The number of nitrogens with zero attached hydrogens (tertiary/aromatic N) is 1. The van der Waals surface area contributed by atoms with E-state index < -0.39 is 0 Å². The number of amides is 1. The van der Waals surface area contributed by atoms with Crippen molar-refractivity contribution in [1.29, 1.82) is 0 Å². The van der Waals surface area contributed by atoms with Gasteiger partial charge in [0, 0.05) is 35.4 Å². The Labute approximate surface area is 140 Å². The van der Waals surface area contributed by atoms with Crippen molar-refractivity contribution >= 4 is 35.4 Å². The molecule has 0 saturated carbocycles. The van der Waals surface area contributed by atoms with Crippen molar-refractivity contribution in [2.75, 3.05) is 31.7 Å². The van der Waals surface area contributed by atoms with Gasteiger partial charge >= 0.3 is 5.97 Å². The van der Waals surface area contributed by atoms with Crippen LogP contribution in [-0.4, -0.2) is 53.7 Å². The van der Waals surface area contributed by atoms with E-state index in [-0.39, 0.29) is 11.9 Å². The van der Waals surface area contributed by atoms with Gasteiger partial charge in [-0.15, -0.1) is 23.5 Å². The second-order valence-electron chi connectivity index (χ2n) is 5.05. The fraction of sp³-hybridized carbons (Fsp3) is 0.500. The molecule has 1 atom stereocenters. The molecule has 2 rings (SSSR count). The highest BCUT2D eigenvalue weighted by atomic mass is 32.2. The molecule has 1 aliphatic heterocycles. The summed E-state index contributed by atoms with van der Waals surface area (Å²) < 4.78 is 4.64. The first-order chi connectivity index (χ1) is 10.7. The highest BCUT2D eigenvalue weighted by Crippen LogP contribution is 2.24. The normalized spacial score (nSPS) is 17.5. The van der Waals surface area contributed by atoms with Gasteiger partial charge in [-0.05, 0) is 18.6 Å². The minimum atomic E-state index is -0.200. The first-order valence-corrected chi connectivity index (χ1v) is 9.36. The summed E-state index contributed by atoms with van der Waals surface area (Å²) in [6, 6.07) is 10.1. The lowest BCUT2D eigenvalue weighted by atomic mass is 10.4. The largest absolute Gasteiger partial charge is 0.468 e. The molecular formula is C16H21NO3S2. The van der Waals surface area contributed by atoms with Gasteiger partial charge in [0.05, 0.1) is 12.9 Å². The zero-order chi connectivity index (χ0) is 15.8. The Hall–Kier alpha value is -1.14. The molecular weight excluding hydrogens is 318 g/mol. The van der Waals surface area contributed by atoms with E-state index in [1.54, 1.807) is 23.5 Å². The number of methoxy groups -OCH3 is 1. The summed E-state index contributed by atoms with van der Waals surface area (Å²) in [7, 11) is 1.40. The molecule has 1 aromatic rings. The molecule has 1 aromatic carbocycles. The molecule has 1 aliphatic rings. The van der Waals surface area contributed by atoms with Crippen LogP contribution in [0.4, 0.5) is 0 Å². The number of carbonyl (C=O) groups excluding carboxylic acids is 2. The Morgan fingerprint density at radius 1 is 1.32 bits per heavy atom. The molecule has 1 fully saturated rings. The van der Waals surface area contributed by atoms with Crippen LogP contribution in [0, 0.1) is 0 Å². The molecule has 1 saturated heterocycles. The van der Waals surface area contributed by atoms with Gasteiger partial charge in [-0.2, -0.15) is 0 Å². The first-order valence-electron chi connectivity index (χ1n) is 7.33. The molecule has 6 heteroatoms. The van der Waals surface area contributed by atoms with E-state index in [0.717, 1.165) is 25.3 Å². The topological polar surface area (TPSA) is 46.6 Å². The number of ether oxygens (including phenoxy) is 1. The van der Waals surface area contributed by atoms with E-state index in [1.165, 1.54) is 12.0 Å². The Balaban J connectivity index is 1.65. The molecule has 120 valence electrons. The Morgan fingerprint density at radius 2 is 2.09 bits per heavy atom. The number of rotatable bonds is 7. The molecule has 22 heavy (non-hydrogen) atoms. The average Bonchev–Trinajstić information content (AvgIpc) is 3.02. The number of carbonyl (C=O) groups is 2. The predicted molar refractivity (Wildman–Crippen MR) is 91.2 cm³/mol. The van der Waals surface area contributed by atoms with Crippen LogP contribution in [0.2, 0.25) is 0 Å². The maximum atomic E-state index is 12.2. The number of thioether (sulfide) groups is 2. The van der Waals surface area contributed by atoms with Gasteiger partial charge in [-0.3, -0.25) is 9.59 Å². The van der Waals surface area contributed by atoms with Crippen molar-refractivity contribution in [2.45, 2.75) is 23.0 Å². The molecule has 1 heterocycles. The number of hydrogen-bond donors (Lipinski definition) is 0. The molecule has 0 N–H and O–H groups in total. The number of likely N-dealkylation sites (tertiary alicyclic amines) is 1. The van der Waals surface area contributed by atoms with Gasteiger partial charge in [-0.1, -0.05) is 18.2 Å². The zero-order valence-electron chi connectivity index (χ0n) is 12.7. The van der Waals surface area contributed by atoms with Crippen LogP contribution in [-0.2, 0) is 14.3 Å². The van der Waals surface area contributed by atoms with E-state index >= 15 is 0 Å². The van der Waals surface area contributed by atoms with Gasteiger partial charge in [0.25, 0.3) is 0 Å². The third-order valence-corrected chi connectivity index (χ3v) is 5.76. The molecule has 1 unspecified atom stereocenters. The van der Waals surface area contributed by atoms with Crippen LogP contribution in [0.3, 0.4) is 0 Å². The van der Waals surface area contributed by atoms with Crippen molar-refractivity contribution < 1.29 is 14.3 Å². The van der Waals surface area contributed by atoms with E-state index in [0.29, 0.717) is 17.4 Å². The molecule has 0 radical (unpaired) electrons. The monoisotopic (exact) mass is 339 g/mol. The smallest absolute Gasteiger partial charge is 0.315 e. The van der Waals surface area contributed by atoms with E-state index in [4.69, 9.17) is 0 Å². The van der Waals surface area contributed by atoms with Crippen molar-refractivity contribution in [2.24, 2.45) is 0 Å². The SMILES string of the molecule is COC(=O)CSC1CCN(C(=O)CCSc2ccccc2)C1. The molecule has 0 spiro atoms. The summed E-state index contributed by atoms with van der Waals surface area (Å²) in [6.07, 6.45) is 1.52. The van der Waals surface area contributed by atoms with Crippen LogP contribution in [0.1, 0.15) is 12.8 Å². The molecule has 0 aliphatic carbocycles. The van der Waals surface area contributed by atoms with E-state index in [2.05, 4.69) is 16.9 Å². The second kappa shape index (κ2) is 9.10. The maximum absolute atomic E-state index is 12.2. The van der Waals surface area contributed by atoms with Gasteiger partial charge in [0.15, 0.2) is 0 Å². The lowest BCUT2D eigenvalue weighted by Crippen LogP contribution is -2.29. The molecule has 4 nitrogen and oxygen atoms in total. The van der Waals surface area contributed by atoms with E-state index in [9.17, 15) is 9.59 Å². The standard InChI is InChI=1S/C16H21NO3S2/c1-20-16(19)12-22-14-7-9-17(11-14)15(18)8-10-21-13-5-3-2-4-6-13/h2-6,14H,7-12H2,1H3. The van der Waals surface area contributed by atoms with Gasteiger partial charge in [-0.25, -0.2) is 0 Å². The van der Waals surface area contributed by atoms with Crippen LogP contribution in [0.25, 0.3) is 0 Å². The van der Waals surface area contributed by atoms with Crippen LogP contribution >= 0.6 is 23.5 Å². The molecule has 0 aromatic heterocycles. The fourth-order valence-electron chi connectivity index (χ4n) is 2.27. The van der Waals surface area contributed by atoms with Gasteiger partial charge in [0.1, 0.15) is 0 Å². The van der Waals surface area contributed by atoms with Crippen molar-refractivity contribution in [3.05, 3.63) is 30.3 Å². The second-order valence-corrected chi connectivity index (χ2v) is 7.51. The fourth-order valence-corrected chi connectivity index (χ4v) is 4.18. The first kappa shape index (κ1) is 17.2.